The molecule has 0 aliphatic carbocycles. The Morgan fingerprint density at radius 3 is 2.45 bits per heavy atom. The van der Waals surface area contributed by atoms with Gasteiger partial charge in [-0.2, -0.15) is 0 Å². The maximum atomic E-state index is 9.89. The van der Waals surface area contributed by atoms with Crippen LogP contribution in [0.25, 0.3) is 0 Å². The molecule has 1 rings (SSSR count). The standard InChI is InChI=1S/C14H26N4OS/c1-5-6-15-12-8-13(18-14(17-12)20-4)16-9-11(19)7-10(2)3/h8,10-11,19H,5-7,9H2,1-4H3,(H2,15,16,17,18). The van der Waals surface area contributed by atoms with E-state index < -0.39 is 0 Å². The van der Waals surface area contributed by atoms with Gasteiger partial charge in [-0.05, 0) is 25.0 Å². The van der Waals surface area contributed by atoms with Gasteiger partial charge in [0.1, 0.15) is 11.6 Å². The Hall–Kier alpha value is -1.01. The zero-order valence-corrected chi connectivity index (χ0v) is 13.6. The lowest BCUT2D eigenvalue weighted by Gasteiger charge is -2.15. The molecule has 6 heteroatoms. The van der Waals surface area contributed by atoms with E-state index in [2.05, 4.69) is 41.4 Å². The van der Waals surface area contributed by atoms with Gasteiger partial charge in [0.2, 0.25) is 0 Å². The van der Waals surface area contributed by atoms with Crippen LogP contribution in [0, 0.1) is 5.92 Å². The number of hydrogen-bond donors (Lipinski definition) is 3. The van der Waals surface area contributed by atoms with Crippen molar-refractivity contribution in [3.63, 3.8) is 0 Å². The quantitative estimate of drug-likeness (QED) is 0.481. The van der Waals surface area contributed by atoms with Crippen LogP contribution >= 0.6 is 11.8 Å². The zero-order valence-electron chi connectivity index (χ0n) is 12.8. The molecule has 114 valence electrons. The first kappa shape index (κ1) is 17.0. The van der Waals surface area contributed by atoms with Crippen LogP contribution < -0.4 is 10.6 Å². The molecule has 0 fully saturated rings. The zero-order chi connectivity index (χ0) is 15.0. The fourth-order valence-corrected chi connectivity index (χ4v) is 2.18. The van der Waals surface area contributed by atoms with E-state index in [1.54, 1.807) is 0 Å². The Morgan fingerprint density at radius 1 is 1.25 bits per heavy atom. The van der Waals surface area contributed by atoms with Crippen molar-refractivity contribution < 1.29 is 5.11 Å². The summed E-state index contributed by atoms with van der Waals surface area (Å²) >= 11 is 1.51. The summed E-state index contributed by atoms with van der Waals surface area (Å²) in [6.45, 7) is 7.72. The third-order valence-corrected chi connectivity index (χ3v) is 3.25. The van der Waals surface area contributed by atoms with Gasteiger partial charge in [-0.25, -0.2) is 9.97 Å². The van der Waals surface area contributed by atoms with E-state index in [-0.39, 0.29) is 6.10 Å². The van der Waals surface area contributed by atoms with E-state index in [9.17, 15) is 5.11 Å². The summed E-state index contributed by atoms with van der Waals surface area (Å²) in [7, 11) is 0. The molecule has 0 spiro atoms. The second-order valence-electron chi connectivity index (χ2n) is 5.22. The number of hydrogen-bond acceptors (Lipinski definition) is 6. The minimum Gasteiger partial charge on any atom is -0.391 e. The van der Waals surface area contributed by atoms with Crippen molar-refractivity contribution in [2.24, 2.45) is 5.92 Å². The second-order valence-corrected chi connectivity index (χ2v) is 5.99. The molecule has 1 aromatic rings. The number of anilines is 2. The summed E-state index contributed by atoms with van der Waals surface area (Å²) in [5.41, 5.74) is 0. The molecular weight excluding hydrogens is 272 g/mol. The highest BCUT2D eigenvalue weighted by Crippen LogP contribution is 2.17. The highest BCUT2D eigenvalue weighted by molar-refractivity contribution is 7.98. The molecule has 1 unspecified atom stereocenters. The first-order chi connectivity index (χ1) is 9.55. The van der Waals surface area contributed by atoms with Crippen molar-refractivity contribution in [3.05, 3.63) is 6.07 Å². The summed E-state index contributed by atoms with van der Waals surface area (Å²) in [6.07, 6.45) is 3.44. The Labute approximate surface area is 126 Å². The molecule has 0 aliphatic heterocycles. The molecule has 0 bridgehead atoms. The molecule has 1 atom stereocenters. The van der Waals surface area contributed by atoms with Crippen LogP contribution in [-0.4, -0.2) is 40.5 Å². The van der Waals surface area contributed by atoms with Crippen molar-refractivity contribution in [3.8, 4) is 0 Å². The molecule has 1 aromatic heterocycles. The first-order valence-electron chi connectivity index (χ1n) is 7.14. The number of nitrogens with zero attached hydrogens (tertiary/aromatic N) is 2. The van der Waals surface area contributed by atoms with E-state index in [1.165, 1.54) is 11.8 Å². The minimum atomic E-state index is -0.352. The summed E-state index contributed by atoms with van der Waals surface area (Å²) in [5.74, 6) is 2.07. The lowest BCUT2D eigenvalue weighted by molar-refractivity contribution is 0.161. The topological polar surface area (TPSA) is 70.1 Å². The van der Waals surface area contributed by atoms with E-state index in [1.807, 2.05) is 12.3 Å². The summed E-state index contributed by atoms with van der Waals surface area (Å²) < 4.78 is 0. The van der Waals surface area contributed by atoms with Crippen LogP contribution in [0.5, 0.6) is 0 Å². The van der Waals surface area contributed by atoms with E-state index in [0.29, 0.717) is 12.5 Å². The van der Waals surface area contributed by atoms with Gasteiger partial charge < -0.3 is 15.7 Å². The molecule has 20 heavy (non-hydrogen) atoms. The molecule has 3 N–H and O–H groups in total. The maximum Gasteiger partial charge on any atom is 0.191 e. The molecule has 0 saturated heterocycles. The lowest BCUT2D eigenvalue weighted by Crippen LogP contribution is -2.22. The molecule has 0 aliphatic rings. The van der Waals surface area contributed by atoms with Gasteiger partial charge in [-0.3, -0.25) is 0 Å². The van der Waals surface area contributed by atoms with Gasteiger partial charge in [0.15, 0.2) is 5.16 Å². The highest BCUT2D eigenvalue weighted by Gasteiger charge is 2.08. The van der Waals surface area contributed by atoms with Gasteiger partial charge in [-0.1, -0.05) is 32.5 Å². The Bertz CT molecular complexity index is 401. The fourth-order valence-electron chi connectivity index (χ4n) is 1.80. The molecule has 1 heterocycles. The number of thioether (sulfide) groups is 1. The van der Waals surface area contributed by atoms with Gasteiger partial charge in [0, 0.05) is 19.2 Å². The van der Waals surface area contributed by atoms with Crippen molar-refractivity contribution in [2.45, 2.75) is 44.9 Å². The maximum absolute atomic E-state index is 9.89. The first-order valence-corrected chi connectivity index (χ1v) is 8.36. The Kier molecular flexibility index (Phi) is 7.69. The third-order valence-electron chi connectivity index (χ3n) is 2.71. The van der Waals surface area contributed by atoms with Gasteiger partial charge in [0.05, 0.1) is 6.10 Å². The average Bonchev–Trinajstić information content (AvgIpc) is 2.42. The van der Waals surface area contributed by atoms with Gasteiger partial charge in [0.25, 0.3) is 0 Å². The van der Waals surface area contributed by atoms with E-state index >= 15 is 0 Å². The van der Waals surface area contributed by atoms with Crippen molar-refractivity contribution in [1.29, 1.82) is 0 Å². The van der Waals surface area contributed by atoms with Gasteiger partial charge in [-0.15, -0.1) is 0 Å². The Morgan fingerprint density at radius 2 is 1.90 bits per heavy atom. The smallest absolute Gasteiger partial charge is 0.191 e. The fraction of sp³-hybridized carbons (Fsp3) is 0.714. The van der Waals surface area contributed by atoms with Crippen LogP contribution in [0.1, 0.15) is 33.6 Å². The van der Waals surface area contributed by atoms with Crippen LogP contribution in [0.3, 0.4) is 0 Å². The third kappa shape index (κ3) is 6.43. The second kappa shape index (κ2) is 9.02. The van der Waals surface area contributed by atoms with Crippen LogP contribution in [-0.2, 0) is 0 Å². The Balaban J connectivity index is 2.63. The predicted molar refractivity (Wildman–Crippen MR) is 86.5 cm³/mol. The van der Waals surface area contributed by atoms with Crippen LogP contribution in [0.2, 0.25) is 0 Å². The number of nitrogens with one attached hydrogen (secondary N) is 2. The highest BCUT2D eigenvalue weighted by atomic mass is 32.2. The normalized spacial score (nSPS) is 12.5. The van der Waals surface area contributed by atoms with Gasteiger partial charge >= 0.3 is 0 Å². The number of rotatable bonds is 9. The summed E-state index contributed by atoms with van der Waals surface area (Å²) in [5, 5.41) is 17.1. The molecule has 0 saturated carbocycles. The monoisotopic (exact) mass is 298 g/mol. The predicted octanol–water partition coefficient (Wildman–Crippen LogP) is 2.84. The lowest BCUT2D eigenvalue weighted by atomic mass is 10.1. The van der Waals surface area contributed by atoms with E-state index in [4.69, 9.17) is 0 Å². The van der Waals surface area contributed by atoms with Crippen LogP contribution in [0.15, 0.2) is 11.2 Å². The van der Waals surface area contributed by atoms with Crippen LogP contribution in [0.4, 0.5) is 11.6 Å². The largest absolute Gasteiger partial charge is 0.391 e. The summed E-state index contributed by atoms with van der Waals surface area (Å²) in [4.78, 5) is 8.80. The van der Waals surface area contributed by atoms with Crippen molar-refractivity contribution in [1.82, 2.24) is 9.97 Å². The van der Waals surface area contributed by atoms with Crippen molar-refractivity contribution in [2.75, 3.05) is 30.0 Å². The number of aliphatic hydroxyl groups excluding tert-OH is 1. The molecular formula is C14H26N4OS. The van der Waals surface area contributed by atoms with Crippen molar-refractivity contribution >= 4 is 23.4 Å². The molecule has 5 nitrogen and oxygen atoms in total. The summed E-state index contributed by atoms with van der Waals surface area (Å²) in [6, 6.07) is 1.89. The molecule has 0 aromatic carbocycles. The number of aliphatic hydroxyl groups is 1. The number of aromatic nitrogens is 2. The molecule has 0 amide bonds. The average molecular weight is 298 g/mol. The SMILES string of the molecule is CCCNc1cc(NCC(O)CC(C)C)nc(SC)n1. The minimum absolute atomic E-state index is 0.352. The van der Waals surface area contributed by atoms with E-state index in [0.717, 1.165) is 36.2 Å². The molecule has 0 radical (unpaired) electrons.